The number of imidazole rings is 1. The average molecular weight is 322 g/mol. The quantitative estimate of drug-likeness (QED) is 0.518. The molecule has 0 aliphatic heterocycles. The number of rotatable bonds is 3. The summed E-state index contributed by atoms with van der Waals surface area (Å²) < 4.78 is 4.32. The molecular formula is C22H16N3+. The number of benzene rings is 3. The molecule has 0 fully saturated rings. The number of para-hydroxylation sites is 2. The van der Waals surface area contributed by atoms with Crippen molar-refractivity contribution in [1.29, 1.82) is 5.26 Å². The molecule has 1 aromatic heterocycles. The van der Waals surface area contributed by atoms with E-state index in [1.165, 1.54) is 0 Å². The van der Waals surface area contributed by atoms with Crippen LogP contribution in [0.2, 0.25) is 0 Å². The lowest BCUT2D eigenvalue weighted by Crippen LogP contribution is -2.31. The van der Waals surface area contributed by atoms with Crippen LogP contribution in [0.3, 0.4) is 0 Å². The van der Waals surface area contributed by atoms with Crippen LogP contribution in [0.4, 0.5) is 0 Å². The topological polar surface area (TPSA) is 32.6 Å². The maximum atomic E-state index is 9.06. The Labute approximate surface area is 146 Å². The van der Waals surface area contributed by atoms with E-state index in [-0.39, 0.29) is 0 Å². The van der Waals surface area contributed by atoms with Gasteiger partial charge in [0.05, 0.1) is 17.2 Å². The highest BCUT2D eigenvalue weighted by Gasteiger charge is 2.22. The molecule has 4 aromatic rings. The fourth-order valence-electron chi connectivity index (χ4n) is 2.96. The van der Waals surface area contributed by atoms with E-state index in [1.54, 1.807) is 0 Å². The Hall–Kier alpha value is -3.64. The van der Waals surface area contributed by atoms with Gasteiger partial charge in [-0.25, -0.2) is 0 Å². The first kappa shape index (κ1) is 14.9. The number of hydrogen-bond donors (Lipinski definition) is 0. The van der Waals surface area contributed by atoms with Crippen LogP contribution in [-0.2, 0) is 0 Å². The predicted octanol–water partition coefficient (Wildman–Crippen LogP) is 4.29. The van der Waals surface area contributed by atoms with E-state index >= 15 is 0 Å². The molecule has 0 N–H and O–H groups in total. The zero-order valence-corrected chi connectivity index (χ0v) is 13.6. The molecule has 0 radical (unpaired) electrons. The second-order valence-electron chi connectivity index (χ2n) is 5.72. The van der Waals surface area contributed by atoms with Gasteiger partial charge in [0.15, 0.2) is 0 Å². The molecule has 0 amide bonds. The third-order valence-corrected chi connectivity index (χ3v) is 4.16. The van der Waals surface area contributed by atoms with Gasteiger partial charge in [-0.3, -0.25) is 0 Å². The van der Waals surface area contributed by atoms with Crippen LogP contribution in [0.5, 0.6) is 0 Å². The number of nitriles is 1. The molecule has 0 aliphatic rings. The highest BCUT2D eigenvalue weighted by Crippen LogP contribution is 2.22. The minimum absolute atomic E-state index is 0.660. The Morgan fingerprint density at radius 1 is 0.760 bits per heavy atom. The SMILES string of the molecule is N#Cc1ccc(-c2n(-c3ccccc3)cc[n+]2-c2ccccc2)cc1. The molecule has 0 aliphatic carbocycles. The normalized spacial score (nSPS) is 10.4. The Morgan fingerprint density at radius 2 is 1.40 bits per heavy atom. The Morgan fingerprint density at radius 3 is 2.04 bits per heavy atom. The summed E-state index contributed by atoms with van der Waals surface area (Å²) in [7, 11) is 0. The Kier molecular flexibility index (Phi) is 3.86. The molecule has 0 saturated heterocycles. The van der Waals surface area contributed by atoms with E-state index in [0.29, 0.717) is 5.56 Å². The van der Waals surface area contributed by atoms with Crippen molar-refractivity contribution < 1.29 is 4.57 Å². The van der Waals surface area contributed by atoms with Crippen LogP contribution in [0.1, 0.15) is 5.56 Å². The van der Waals surface area contributed by atoms with Crippen molar-refractivity contribution >= 4 is 0 Å². The molecule has 0 bridgehead atoms. The molecule has 0 spiro atoms. The molecule has 3 aromatic carbocycles. The van der Waals surface area contributed by atoms with Gasteiger partial charge in [0.1, 0.15) is 23.8 Å². The summed E-state index contributed by atoms with van der Waals surface area (Å²) in [5.41, 5.74) is 3.90. The molecule has 118 valence electrons. The second kappa shape index (κ2) is 6.46. The summed E-state index contributed by atoms with van der Waals surface area (Å²) in [4.78, 5) is 0. The van der Waals surface area contributed by atoms with E-state index in [2.05, 4.69) is 51.9 Å². The molecule has 3 nitrogen and oxygen atoms in total. The zero-order chi connectivity index (χ0) is 17.1. The van der Waals surface area contributed by atoms with Crippen molar-refractivity contribution in [2.45, 2.75) is 0 Å². The molecule has 1 heterocycles. The molecular weight excluding hydrogens is 306 g/mol. The second-order valence-corrected chi connectivity index (χ2v) is 5.72. The standard InChI is InChI=1S/C22H16N3/c23-17-18-11-13-19(14-12-18)22-24(20-7-3-1-4-8-20)15-16-25(22)21-9-5-2-6-10-21/h1-16H/q+1. The van der Waals surface area contributed by atoms with Crippen molar-refractivity contribution in [3.8, 4) is 28.8 Å². The highest BCUT2D eigenvalue weighted by molar-refractivity contribution is 5.58. The maximum Gasteiger partial charge on any atom is 0.299 e. The number of aromatic nitrogens is 2. The number of nitrogens with zero attached hydrogens (tertiary/aromatic N) is 3. The van der Waals surface area contributed by atoms with Crippen LogP contribution in [0.15, 0.2) is 97.3 Å². The van der Waals surface area contributed by atoms with Gasteiger partial charge in [-0.05, 0) is 48.5 Å². The molecule has 4 rings (SSSR count). The van der Waals surface area contributed by atoms with Gasteiger partial charge in [-0.15, -0.1) is 0 Å². The van der Waals surface area contributed by atoms with E-state index < -0.39 is 0 Å². The summed E-state index contributed by atoms with van der Waals surface area (Å²) in [5.74, 6) is 1.04. The van der Waals surface area contributed by atoms with Gasteiger partial charge in [-0.1, -0.05) is 36.4 Å². The van der Waals surface area contributed by atoms with Gasteiger partial charge < -0.3 is 0 Å². The Balaban J connectivity index is 1.95. The summed E-state index contributed by atoms with van der Waals surface area (Å²) in [6, 6.07) is 30.4. The van der Waals surface area contributed by atoms with Crippen molar-refractivity contribution in [1.82, 2.24) is 4.57 Å². The molecule has 0 saturated carbocycles. The van der Waals surface area contributed by atoms with Gasteiger partial charge in [-0.2, -0.15) is 14.4 Å². The minimum atomic E-state index is 0.660. The van der Waals surface area contributed by atoms with Gasteiger partial charge in [0.2, 0.25) is 0 Å². The summed E-state index contributed by atoms with van der Waals surface area (Å²) in [6.07, 6.45) is 4.13. The number of hydrogen-bond acceptors (Lipinski definition) is 1. The van der Waals surface area contributed by atoms with Crippen LogP contribution in [-0.4, -0.2) is 4.57 Å². The average Bonchev–Trinajstić information content (AvgIpc) is 3.14. The fourth-order valence-corrected chi connectivity index (χ4v) is 2.96. The zero-order valence-electron chi connectivity index (χ0n) is 13.6. The largest absolute Gasteiger partial charge is 0.299 e. The van der Waals surface area contributed by atoms with E-state index in [1.807, 2.05) is 60.7 Å². The first-order valence-corrected chi connectivity index (χ1v) is 8.11. The molecule has 0 unspecified atom stereocenters. The minimum Gasteiger partial charge on any atom is -0.195 e. The molecule has 25 heavy (non-hydrogen) atoms. The predicted molar refractivity (Wildman–Crippen MR) is 97.5 cm³/mol. The summed E-state index contributed by atoms with van der Waals surface area (Å²) in [6.45, 7) is 0. The van der Waals surface area contributed by atoms with Crippen LogP contribution >= 0.6 is 0 Å². The van der Waals surface area contributed by atoms with Crippen molar-refractivity contribution in [2.75, 3.05) is 0 Å². The smallest absolute Gasteiger partial charge is 0.195 e. The monoisotopic (exact) mass is 322 g/mol. The maximum absolute atomic E-state index is 9.06. The molecule has 3 heteroatoms. The third kappa shape index (κ3) is 2.82. The van der Waals surface area contributed by atoms with Gasteiger partial charge >= 0.3 is 0 Å². The summed E-state index contributed by atoms with van der Waals surface area (Å²) >= 11 is 0. The highest BCUT2D eigenvalue weighted by atomic mass is 15.2. The lowest BCUT2D eigenvalue weighted by Gasteiger charge is -2.05. The first-order chi connectivity index (χ1) is 12.4. The third-order valence-electron chi connectivity index (χ3n) is 4.16. The van der Waals surface area contributed by atoms with Gasteiger partial charge in [0.25, 0.3) is 5.82 Å². The fraction of sp³-hybridized carbons (Fsp3) is 0. The Bertz CT molecular complexity index is 967. The van der Waals surface area contributed by atoms with Crippen molar-refractivity contribution in [2.24, 2.45) is 0 Å². The lowest BCUT2D eigenvalue weighted by molar-refractivity contribution is -0.582. The van der Waals surface area contributed by atoms with E-state index in [4.69, 9.17) is 5.26 Å². The van der Waals surface area contributed by atoms with Crippen molar-refractivity contribution in [3.63, 3.8) is 0 Å². The van der Waals surface area contributed by atoms with Crippen LogP contribution in [0.25, 0.3) is 22.8 Å². The lowest BCUT2D eigenvalue weighted by atomic mass is 10.1. The van der Waals surface area contributed by atoms with Gasteiger partial charge in [0, 0.05) is 0 Å². The van der Waals surface area contributed by atoms with E-state index in [0.717, 1.165) is 22.8 Å². The molecule has 0 atom stereocenters. The van der Waals surface area contributed by atoms with E-state index in [9.17, 15) is 0 Å². The summed E-state index contributed by atoms with van der Waals surface area (Å²) in [5, 5.41) is 9.06. The van der Waals surface area contributed by atoms with Crippen LogP contribution < -0.4 is 4.57 Å². The first-order valence-electron chi connectivity index (χ1n) is 8.11. The van der Waals surface area contributed by atoms with Crippen molar-refractivity contribution in [3.05, 3.63) is 103 Å². The van der Waals surface area contributed by atoms with Crippen LogP contribution in [0, 0.1) is 11.3 Å².